The van der Waals surface area contributed by atoms with Crippen LogP contribution in [0, 0.1) is 0 Å². The molecule has 1 fully saturated rings. The molecule has 0 aromatic rings. The minimum Gasteiger partial charge on any atom is -0.393 e. The monoisotopic (exact) mass is 156 g/mol. The van der Waals surface area contributed by atoms with Crippen LogP contribution in [-0.2, 0) is 13.3 Å². The van der Waals surface area contributed by atoms with Crippen LogP contribution in [-0.4, -0.2) is 25.6 Å². The molecule has 1 atom stereocenters. The van der Waals surface area contributed by atoms with Crippen molar-refractivity contribution >= 4 is 19.9 Å². The second-order valence-corrected chi connectivity index (χ2v) is 4.74. The summed E-state index contributed by atoms with van der Waals surface area (Å²) in [5.74, 6) is 0. The Morgan fingerprint density at radius 2 is 2.25 bits per heavy atom. The Morgan fingerprint density at radius 1 is 1.75 bits per heavy atom. The van der Waals surface area contributed by atoms with Crippen molar-refractivity contribution in [1.82, 2.24) is 0 Å². The van der Waals surface area contributed by atoms with Crippen LogP contribution < -0.4 is 0 Å². The summed E-state index contributed by atoms with van der Waals surface area (Å²) < 4.78 is 24.3. The summed E-state index contributed by atoms with van der Waals surface area (Å²) in [5, 5.41) is 8.21. The molecule has 1 heterocycles. The highest BCUT2D eigenvalue weighted by Gasteiger charge is 2.35. The van der Waals surface area contributed by atoms with Gasteiger partial charge < -0.3 is 5.11 Å². The molecule has 0 aromatic heterocycles. The molecule has 0 saturated carbocycles. The van der Waals surface area contributed by atoms with E-state index in [9.17, 15) is 8.42 Å². The summed E-state index contributed by atoms with van der Waals surface area (Å²) in [5.41, 5.74) is -0.556. The first-order chi connectivity index (χ1) is 3.64. The molecule has 1 saturated heterocycles. The first-order valence-corrected chi connectivity index (χ1v) is 4.67. The largest absolute Gasteiger partial charge is 0.393 e. The van der Waals surface area contributed by atoms with Gasteiger partial charge in [0.2, 0.25) is 0 Å². The molecule has 8 heavy (non-hydrogen) atoms. The van der Waals surface area contributed by atoms with Crippen molar-refractivity contribution in [1.29, 1.82) is 0 Å². The molecule has 1 rings (SSSR count). The van der Waals surface area contributed by atoms with Crippen molar-refractivity contribution in [3.05, 3.63) is 0 Å². The lowest BCUT2D eigenvalue weighted by Crippen LogP contribution is -2.28. The Morgan fingerprint density at radius 3 is 2.38 bits per heavy atom. The quantitative estimate of drug-likeness (QED) is 0.509. The van der Waals surface area contributed by atoms with Crippen molar-refractivity contribution in [2.75, 3.05) is 6.61 Å². The summed E-state index contributed by atoms with van der Waals surface area (Å²) in [6.45, 7) is -0.246. The van der Waals surface area contributed by atoms with Crippen LogP contribution in [0.1, 0.15) is 0 Å². The predicted octanol–water partition coefficient (Wildman–Crippen LogP) is -0.687. The van der Waals surface area contributed by atoms with E-state index in [-0.39, 0.29) is 6.61 Å². The fraction of sp³-hybridized carbons (Fsp3) is 1.00. The number of rotatable bonds is 1. The SMILES string of the molecule is O=S1(=O)OC(CO)S1. The molecule has 0 aromatic carbocycles. The highest BCUT2D eigenvalue weighted by atomic mass is 33.2. The van der Waals surface area contributed by atoms with E-state index in [4.69, 9.17) is 5.11 Å². The molecule has 48 valence electrons. The average molecular weight is 156 g/mol. The van der Waals surface area contributed by atoms with Gasteiger partial charge in [-0.1, -0.05) is 0 Å². The first-order valence-electron chi connectivity index (χ1n) is 1.86. The van der Waals surface area contributed by atoms with Gasteiger partial charge in [0, 0.05) is 10.8 Å². The molecule has 0 amide bonds. The summed E-state index contributed by atoms with van der Waals surface area (Å²) in [6, 6.07) is 0. The Bertz CT molecular complexity index is 158. The van der Waals surface area contributed by atoms with Crippen LogP contribution in [0.5, 0.6) is 0 Å². The molecule has 1 aliphatic rings. The van der Waals surface area contributed by atoms with Gasteiger partial charge >= 0.3 is 9.15 Å². The maximum Gasteiger partial charge on any atom is 0.326 e. The fourth-order valence-corrected chi connectivity index (χ4v) is 2.46. The lowest BCUT2D eigenvalue weighted by atomic mass is 10.8. The van der Waals surface area contributed by atoms with Gasteiger partial charge in [0.1, 0.15) is 0 Å². The van der Waals surface area contributed by atoms with Gasteiger partial charge in [-0.3, -0.25) is 0 Å². The molecule has 1 aliphatic heterocycles. The first kappa shape index (κ1) is 6.34. The summed E-state index contributed by atoms with van der Waals surface area (Å²) in [7, 11) is -2.66. The van der Waals surface area contributed by atoms with Gasteiger partial charge in [-0.2, -0.15) is 8.42 Å². The van der Waals surface area contributed by atoms with Crippen molar-refractivity contribution < 1.29 is 17.7 Å². The van der Waals surface area contributed by atoms with Crippen LogP contribution >= 0.6 is 10.8 Å². The highest BCUT2D eigenvalue weighted by molar-refractivity contribution is 8.72. The topological polar surface area (TPSA) is 63.6 Å². The molecular weight excluding hydrogens is 152 g/mol. The highest BCUT2D eigenvalue weighted by Crippen LogP contribution is 2.34. The van der Waals surface area contributed by atoms with Gasteiger partial charge in [-0.15, -0.1) is 0 Å². The smallest absolute Gasteiger partial charge is 0.326 e. The zero-order chi connectivity index (χ0) is 6.20. The van der Waals surface area contributed by atoms with E-state index in [2.05, 4.69) is 4.18 Å². The molecule has 0 radical (unpaired) electrons. The molecule has 0 spiro atoms. The molecular formula is C2H4O4S2. The minimum absolute atomic E-state index is 0.246. The fourth-order valence-electron chi connectivity index (χ4n) is 0.331. The number of hydrogen-bond acceptors (Lipinski definition) is 5. The lowest BCUT2D eigenvalue weighted by molar-refractivity contribution is 0.176. The summed E-state index contributed by atoms with van der Waals surface area (Å²) >= 11 is 0. The van der Waals surface area contributed by atoms with Crippen LogP contribution in [0.3, 0.4) is 0 Å². The Kier molecular flexibility index (Phi) is 1.48. The van der Waals surface area contributed by atoms with E-state index >= 15 is 0 Å². The second-order valence-electron chi connectivity index (χ2n) is 1.21. The standard InChI is InChI=1S/C2H4O4S2/c3-1-2-6-8(4,5)7-2/h2-3H,1H2. The third-order valence-electron chi connectivity index (χ3n) is 0.599. The van der Waals surface area contributed by atoms with E-state index in [0.29, 0.717) is 10.8 Å². The van der Waals surface area contributed by atoms with Crippen LogP contribution in [0.2, 0.25) is 0 Å². The maximum absolute atomic E-state index is 10.1. The zero-order valence-corrected chi connectivity index (χ0v) is 5.41. The Hall–Kier alpha value is 0.220. The van der Waals surface area contributed by atoms with Crippen molar-refractivity contribution in [3.63, 3.8) is 0 Å². The van der Waals surface area contributed by atoms with E-state index in [1.165, 1.54) is 0 Å². The van der Waals surface area contributed by atoms with Crippen molar-refractivity contribution in [3.8, 4) is 0 Å². The Labute approximate surface area is 50.4 Å². The average Bonchev–Trinajstić information content (AvgIpc) is 1.60. The Balaban J connectivity index is 2.43. The summed E-state index contributed by atoms with van der Waals surface area (Å²) in [4.78, 5) is 0. The van der Waals surface area contributed by atoms with Gasteiger partial charge in [-0.05, 0) is 0 Å². The van der Waals surface area contributed by atoms with Gasteiger partial charge in [0.05, 0.1) is 6.61 Å². The molecule has 6 heteroatoms. The van der Waals surface area contributed by atoms with E-state index in [0.717, 1.165) is 0 Å². The number of aliphatic hydroxyl groups is 1. The van der Waals surface area contributed by atoms with Gasteiger partial charge in [0.15, 0.2) is 5.44 Å². The van der Waals surface area contributed by atoms with Crippen molar-refractivity contribution in [2.45, 2.75) is 5.44 Å². The van der Waals surface area contributed by atoms with Crippen LogP contribution in [0.4, 0.5) is 0 Å². The normalized spacial score (nSPS) is 33.9. The third-order valence-corrected chi connectivity index (χ3v) is 3.47. The summed E-state index contributed by atoms with van der Waals surface area (Å²) in [6.07, 6.45) is 0. The minimum atomic E-state index is -3.29. The molecule has 4 nitrogen and oxygen atoms in total. The molecule has 0 bridgehead atoms. The molecule has 1 unspecified atom stereocenters. The van der Waals surface area contributed by atoms with Gasteiger partial charge in [0.25, 0.3) is 0 Å². The second kappa shape index (κ2) is 1.87. The van der Waals surface area contributed by atoms with E-state index in [1.807, 2.05) is 0 Å². The molecule has 1 N–H and O–H groups in total. The lowest BCUT2D eigenvalue weighted by Gasteiger charge is -2.21. The predicted molar refractivity (Wildman–Crippen MR) is 28.5 cm³/mol. The molecule has 0 aliphatic carbocycles. The van der Waals surface area contributed by atoms with Crippen LogP contribution in [0.15, 0.2) is 0 Å². The number of hydrogen-bond donors (Lipinski definition) is 1. The van der Waals surface area contributed by atoms with Crippen molar-refractivity contribution in [2.24, 2.45) is 0 Å². The third kappa shape index (κ3) is 1.13. The van der Waals surface area contributed by atoms with E-state index in [1.54, 1.807) is 0 Å². The maximum atomic E-state index is 10.1. The van der Waals surface area contributed by atoms with Gasteiger partial charge in [-0.25, -0.2) is 4.18 Å². The number of aliphatic hydroxyl groups excluding tert-OH is 1. The zero-order valence-electron chi connectivity index (χ0n) is 3.77. The van der Waals surface area contributed by atoms with Crippen LogP contribution in [0.25, 0.3) is 0 Å². The van der Waals surface area contributed by atoms with E-state index < -0.39 is 14.6 Å².